The van der Waals surface area contributed by atoms with Crippen molar-refractivity contribution >= 4 is 11.9 Å². The quantitative estimate of drug-likeness (QED) is 0.268. The molecule has 2 aromatic carbocycles. The van der Waals surface area contributed by atoms with Crippen LogP contribution >= 0.6 is 0 Å². The van der Waals surface area contributed by atoms with E-state index in [2.05, 4.69) is 45.2 Å². The van der Waals surface area contributed by atoms with E-state index in [4.69, 9.17) is 14.6 Å². The monoisotopic (exact) mass is 452 g/mol. The largest absolute Gasteiger partial charge is 0.497 e. The molecule has 33 heavy (non-hydrogen) atoms. The molecule has 0 bridgehead atoms. The zero-order chi connectivity index (χ0) is 24.0. The first kappa shape index (κ1) is 24.5. The number of esters is 1. The Labute approximate surface area is 196 Å². The van der Waals surface area contributed by atoms with Crippen molar-refractivity contribution in [2.45, 2.75) is 39.2 Å². The first-order valence-corrected chi connectivity index (χ1v) is 11.4. The van der Waals surface area contributed by atoms with Crippen molar-refractivity contribution in [3.8, 4) is 5.75 Å². The smallest absolute Gasteiger partial charge is 0.331 e. The van der Waals surface area contributed by atoms with Gasteiger partial charge in [0.2, 0.25) is 0 Å². The zero-order valence-corrected chi connectivity index (χ0v) is 20.0. The van der Waals surface area contributed by atoms with E-state index >= 15 is 0 Å². The van der Waals surface area contributed by atoms with E-state index in [9.17, 15) is 9.59 Å². The summed E-state index contributed by atoms with van der Waals surface area (Å²) in [5, 5.41) is 8.63. The van der Waals surface area contributed by atoms with Crippen LogP contribution in [0.25, 0.3) is 0 Å². The van der Waals surface area contributed by atoms with Crippen molar-refractivity contribution in [2.24, 2.45) is 0 Å². The van der Waals surface area contributed by atoms with Crippen molar-refractivity contribution in [3.63, 3.8) is 0 Å². The average Bonchev–Trinajstić information content (AvgIpc) is 2.79. The van der Waals surface area contributed by atoms with E-state index < -0.39 is 11.9 Å². The Bertz CT molecular complexity index is 1030. The first-order chi connectivity index (χ1) is 15.7. The molecule has 1 aliphatic heterocycles. The van der Waals surface area contributed by atoms with Gasteiger partial charge in [0.15, 0.2) is 0 Å². The van der Waals surface area contributed by atoms with Gasteiger partial charge in [-0.05, 0) is 54.3 Å². The Morgan fingerprint density at radius 3 is 2.48 bits per heavy atom. The summed E-state index contributed by atoms with van der Waals surface area (Å²) >= 11 is 0. The second kappa shape index (κ2) is 10.7. The lowest BCUT2D eigenvalue weighted by atomic mass is 9.84. The van der Waals surface area contributed by atoms with E-state index in [1.54, 1.807) is 7.11 Å². The Morgan fingerprint density at radius 2 is 1.82 bits per heavy atom. The van der Waals surface area contributed by atoms with Crippen LogP contribution in [0.4, 0.5) is 0 Å². The Kier molecular flexibility index (Phi) is 7.92. The summed E-state index contributed by atoms with van der Waals surface area (Å²) < 4.78 is 11.4. The number of hydrogen-bond donors (Lipinski definition) is 1. The molecule has 176 valence electrons. The minimum absolute atomic E-state index is 0.270. The maximum atomic E-state index is 11.7. The number of quaternary nitrogens is 1. The van der Waals surface area contributed by atoms with Crippen molar-refractivity contribution in [1.82, 2.24) is 0 Å². The first-order valence-electron chi connectivity index (χ1n) is 11.4. The van der Waals surface area contributed by atoms with Crippen LogP contribution in [0.2, 0.25) is 0 Å². The number of hydrogen-bond acceptors (Lipinski definition) is 4. The number of carbonyl (C=O) groups is 2. The summed E-state index contributed by atoms with van der Waals surface area (Å²) in [7, 11) is 3.97. The van der Waals surface area contributed by atoms with Gasteiger partial charge in [-0.15, -0.1) is 0 Å². The van der Waals surface area contributed by atoms with E-state index in [-0.39, 0.29) is 6.61 Å². The number of carbonyl (C=O) groups excluding carboxylic acids is 1. The average molecular weight is 453 g/mol. The topological polar surface area (TPSA) is 72.8 Å². The molecule has 6 nitrogen and oxygen atoms in total. The number of carboxylic acid groups (broad SMARTS) is 1. The number of aliphatic carboxylic acids is 1. The molecule has 0 spiro atoms. The highest BCUT2D eigenvalue weighted by Crippen LogP contribution is 2.39. The molecule has 0 saturated heterocycles. The predicted molar refractivity (Wildman–Crippen MR) is 127 cm³/mol. The summed E-state index contributed by atoms with van der Waals surface area (Å²) in [6.07, 6.45) is 4.40. The van der Waals surface area contributed by atoms with Crippen molar-refractivity contribution < 1.29 is 28.7 Å². The highest BCUT2D eigenvalue weighted by molar-refractivity contribution is 5.90. The number of fused-ring (bicyclic) bond motifs is 1. The fourth-order valence-electron chi connectivity index (χ4n) is 4.66. The van der Waals surface area contributed by atoms with Gasteiger partial charge in [0.1, 0.15) is 11.8 Å². The van der Waals surface area contributed by atoms with Gasteiger partial charge in [0, 0.05) is 37.0 Å². The number of nitrogens with zero attached hydrogens (tertiary/aromatic N) is 1. The summed E-state index contributed by atoms with van der Waals surface area (Å²) in [5.41, 5.74) is 6.73. The number of ether oxygens (including phenoxy) is 2. The third-order valence-corrected chi connectivity index (χ3v) is 6.77. The van der Waals surface area contributed by atoms with E-state index in [1.165, 1.54) is 27.8 Å². The van der Waals surface area contributed by atoms with Crippen molar-refractivity contribution in [1.29, 1.82) is 0 Å². The molecule has 0 unspecified atom stereocenters. The fourth-order valence-corrected chi connectivity index (χ4v) is 4.66. The lowest BCUT2D eigenvalue weighted by molar-refractivity contribution is -0.941. The molecule has 1 aliphatic rings. The lowest BCUT2D eigenvalue weighted by Crippen LogP contribution is -2.52. The highest BCUT2D eigenvalue weighted by atomic mass is 16.5. The molecule has 0 radical (unpaired) electrons. The summed E-state index contributed by atoms with van der Waals surface area (Å²) in [4.78, 5) is 22.2. The maximum absolute atomic E-state index is 11.7. The minimum Gasteiger partial charge on any atom is -0.497 e. The molecule has 1 N–H and O–H groups in total. The van der Waals surface area contributed by atoms with Crippen LogP contribution in [0.1, 0.15) is 40.3 Å². The number of aryl methyl sites for hydroxylation is 2. The number of methoxy groups -OCH3 is 1. The summed E-state index contributed by atoms with van der Waals surface area (Å²) in [6, 6.07) is 13.3. The molecule has 1 heterocycles. The van der Waals surface area contributed by atoms with Crippen LogP contribution < -0.4 is 4.74 Å². The molecular weight excluding hydrogens is 418 g/mol. The van der Waals surface area contributed by atoms with Crippen LogP contribution in [0, 0.1) is 13.8 Å². The van der Waals surface area contributed by atoms with E-state index in [1.807, 2.05) is 12.1 Å². The fraction of sp³-hybridized carbons (Fsp3) is 0.407. The third kappa shape index (κ3) is 6.23. The second-order valence-electron chi connectivity index (χ2n) is 9.07. The molecule has 2 aromatic rings. The molecule has 0 aliphatic carbocycles. The van der Waals surface area contributed by atoms with Crippen molar-refractivity contribution in [3.05, 3.63) is 76.4 Å². The molecule has 0 fully saturated rings. The van der Waals surface area contributed by atoms with Gasteiger partial charge < -0.3 is 19.1 Å². The molecule has 2 atom stereocenters. The van der Waals surface area contributed by atoms with Gasteiger partial charge in [-0.2, -0.15) is 0 Å². The Balaban J connectivity index is 1.78. The van der Waals surface area contributed by atoms with E-state index in [0.29, 0.717) is 12.5 Å². The SMILES string of the molecule is COc1ccc(C[C@@H]2c3cc(C)c(C)cc3CC[N@@+]2(C)CCCOC(=O)/C=C\C(=O)O)cc1. The van der Waals surface area contributed by atoms with Gasteiger partial charge >= 0.3 is 11.9 Å². The van der Waals surface area contributed by atoms with Gasteiger partial charge in [-0.25, -0.2) is 9.59 Å². The van der Waals surface area contributed by atoms with Crippen LogP contribution in [0.3, 0.4) is 0 Å². The molecule has 0 amide bonds. The zero-order valence-electron chi connectivity index (χ0n) is 20.0. The predicted octanol–water partition coefficient (Wildman–Crippen LogP) is 4.17. The molecule has 0 aromatic heterocycles. The van der Waals surface area contributed by atoms with Gasteiger partial charge in [0.05, 0.1) is 33.9 Å². The number of rotatable bonds is 9. The van der Waals surface area contributed by atoms with Crippen LogP contribution in [-0.4, -0.2) is 55.4 Å². The molecule has 3 rings (SSSR count). The number of carboxylic acids is 1. The molecule has 6 heteroatoms. The second-order valence-corrected chi connectivity index (χ2v) is 9.07. The maximum Gasteiger partial charge on any atom is 0.331 e. The standard InChI is InChI=1S/C27H33NO5/c1-19-16-22-12-14-28(3,13-5-15-33-27(31)11-10-26(29)30)25(24(22)17-20(19)2)18-21-6-8-23(32-4)9-7-21/h6-11,16-17,25H,5,12-15,18H2,1-4H3/p+1/b11-10-/t25-,28-/m1/s1. The number of benzene rings is 2. The van der Waals surface area contributed by atoms with Gasteiger partial charge in [-0.1, -0.05) is 18.2 Å². The van der Waals surface area contributed by atoms with Gasteiger partial charge in [0.25, 0.3) is 0 Å². The lowest BCUT2D eigenvalue weighted by Gasteiger charge is -2.46. The Morgan fingerprint density at radius 1 is 1.12 bits per heavy atom. The minimum atomic E-state index is -1.16. The van der Waals surface area contributed by atoms with Crippen LogP contribution in [-0.2, 0) is 27.2 Å². The van der Waals surface area contributed by atoms with Crippen LogP contribution in [0.5, 0.6) is 5.75 Å². The van der Waals surface area contributed by atoms with E-state index in [0.717, 1.165) is 48.3 Å². The van der Waals surface area contributed by atoms with Gasteiger partial charge in [-0.3, -0.25) is 0 Å². The Hall–Kier alpha value is -3.12. The summed E-state index contributed by atoms with van der Waals surface area (Å²) in [5.74, 6) is -0.931. The summed E-state index contributed by atoms with van der Waals surface area (Å²) in [6.45, 7) is 6.49. The number of likely N-dealkylation sites (N-methyl/N-ethyl adjacent to an activating group) is 1. The normalized spacial score (nSPS) is 19.8. The highest BCUT2D eigenvalue weighted by Gasteiger charge is 2.39. The third-order valence-electron chi connectivity index (χ3n) is 6.77. The van der Waals surface area contributed by atoms with Crippen LogP contribution in [0.15, 0.2) is 48.6 Å². The van der Waals surface area contributed by atoms with Crippen molar-refractivity contribution in [2.75, 3.05) is 33.9 Å². The molecule has 0 saturated carbocycles. The molecular formula is C27H34NO5+.